The van der Waals surface area contributed by atoms with E-state index in [0.717, 1.165) is 83.5 Å². The van der Waals surface area contributed by atoms with Gasteiger partial charge in [0.2, 0.25) is 0 Å². The van der Waals surface area contributed by atoms with E-state index in [4.69, 9.17) is 46.6 Å². The summed E-state index contributed by atoms with van der Waals surface area (Å²) in [5.74, 6) is 4.01. The molecule has 10 atom stereocenters. The van der Waals surface area contributed by atoms with Crippen molar-refractivity contribution >= 4 is 47.9 Å². The Labute approximate surface area is 359 Å². The second kappa shape index (κ2) is 20.9. The second-order valence-electron chi connectivity index (χ2n) is 15.5. The van der Waals surface area contributed by atoms with Crippen LogP contribution in [0.3, 0.4) is 0 Å². The number of hydrogen-bond donors (Lipinski definition) is 8. The van der Waals surface area contributed by atoms with E-state index >= 15 is 0 Å². The van der Waals surface area contributed by atoms with Crippen molar-refractivity contribution in [1.82, 2.24) is 19.8 Å². The molecule has 0 saturated carbocycles. The monoisotopic (exact) mass is 924 g/mol. The molecule has 0 aliphatic carbocycles. The average Bonchev–Trinajstić information content (AvgIpc) is 3.23. The zero-order chi connectivity index (χ0) is 45.6. The summed E-state index contributed by atoms with van der Waals surface area (Å²) in [7, 11) is -11.4. The van der Waals surface area contributed by atoms with Crippen LogP contribution in [0, 0.1) is 23.7 Å². The topological polar surface area (TPSA) is 290 Å². The van der Waals surface area contributed by atoms with Gasteiger partial charge in [0.1, 0.15) is 11.5 Å². The number of hydrogen-bond acceptors (Lipinski definition) is 13. The van der Waals surface area contributed by atoms with Gasteiger partial charge < -0.3 is 39.3 Å². The summed E-state index contributed by atoms with van der Waals surface area (Å²) in [4.78, 5) is 44.7. The number of benzene rings is 2. The highest BCUT2D eigenvalue weighted by atomic mass is 32.3. The minimum absolute atomic E-state index is 0.178. The Morgan fingerprint density at radius 3 is 1.35 bits per heavy atom. The van der Waals surface area contributed by atoms with Gasteiger partial charge in [0.15, 0.2) is 0 Å². The maximum atomic E-state index is 11.2. The van der Waals surface area contributed by atoms with Crippen LogP contribution in [-0.4, -0.2) is 120 Å². The lowest BCUT2D eigenvalue weighted by molar-refractivity contribution is -0.0445. The van der Waals surface area contributed by atoms with Gasteiger partial charge in [-0.25, -0.2) is 9.13 Å². The Kier molecular flexibility index (Phi) is 16.6. The number of aliphatic hydroxyl groups is 2. The quantitative estimate of drug-likeness (QED) is 0.0597. The van der Waals surface area contributed by atoms with Crippen molar-refractivity contribution in [3.8, 4) is 11.5 Å². The van der Waals surface area contributed by atoms with Crippen molar-refractivity contribution in [3.05, 3.63) is 97.4 Å². The third kappa shape index (κ3) is 13.2. The van der Waals surface area contributed by atoms with Crippen molar-refractivity contribution in [1.29, 1.82) is 0 Å². The molecule has 0 radical (unpaired) electrons. The SMILES string of the molecule is C=C[C@H]1CN2CC[C@H]1C[C@H]2[C@H](O)c1ccnc2ccc(OC)cc12.C=C[C@H]1CN2CC[C@H]1C[C@H]2[C@H](O)c1ccnc2ccc(OC)cc12.O=P(O)(O)OP(=O)(O)O.O=S(=O)(O)O. The molecule has 6 aliphatic heterocycles. The molecule has 0 amide bonds. The molecule has 22 heteroatoms. The van der Waals surface area contributed by atoms with Crippen LogP contribution in [0.25, 0.3) is 21.8 Å². The molecule has 19 nitrogen and oxygen atoms in total. The second-order valence-corrected chi connectivity index (χ2v) is 19.0. The van der Waals surface area contributed by atoms with E-state index < -0.39 is 38.3 Å². The molecule has 8 N–H and O–H groups in total. The first-order chi connectivity index (χ1) is 29.1. The summed E-state index contributed by atoms with van der Waals surface area (Å²) >= 11 is 0. The molecule has 10 rings (SSSR count). The summed E-state index contributed by atoms with van der Waals surface area (Å²) < 4.78 is 64.5. The van der Waals surface area contributed by atoms with Crippen LogP contribution < -0.4 is 9.47 Å². The highest BCUT2D eigenvalue weighted by Crippen LogP contribution is 2.54. The number of rotatable bonds is 10. The first-order valence-electron chi connectivity index (χ1n) is 19.6. The minimum Gasteiger partial charge on any atom is -0.497 e. The fraction of sp³-hybridized carbons (Fsp3) is 0.450. The molecule has 340 valence electrons. The van der Waals surface area contributed by atoms with Gasteiger partial charge in [0.05, 0.1) is 37.5 Å². The van der Waals surface area contributed by atoms with Crippen LogP contribution >= 0.6 is 15.6 Å². The summed E-state index contributed by atoms with van der Waals surface area (Å²) in [5.41, 5.74) is 3.69. The molecular formula is C40H54N4O15P2S. The Bertz CT molecular complexity index is 2240. The van der Waals surface area contributed by atoms with E-state index in [1.165, 1.54) is 12.8 Å². The maximum Gasteiger partial charge on any atom is 0.478 e. The van der Waals surface area contributed by atoms with E-state index in [1.54, 1.807) is 26.6 Å². The van der Waals surface area contributed by atoms with Gasteiger partial charge in [-0.1, -0.05) is 12.2 Å². The molecule has 4 bridgehead atoms. The predicted octanol–water partition coefficient (Wildman–Crippen LogP) is 4.88. The number of aromatic nitrogens is 2. The minimum atomic E-state index is -5.05. The molecule has 4 aromatic rings. The van der Waals surface area contributed by atoms with Crippen LogP contribution in [0.15, 0.2) is 86.2 Å². The van der Waals surface area contributed by atoms with Gasteiger partial charge >= 0.3 is 26.0 Å². The van der Waals surface area contributed by atoms with Crippen molar-refractivity contribution in [2.45, 2.75) is 50.0 Å². The number of fused-ring (bicyclic) bond motifs is 8. The van der Waals surface area contributed by atoms with E-state index in [9.17, 15) is 19.3 Å². The van der Waals surface area contributed by atoms with Crippen LogP contribution in [0.5, 0.6) is 11.5 Å². The lowest BCUT2D eigenvalue weighted by Crippen LogP contribution is -2.54. The predicted molar refractivity (Wildman–Crippen MR) is 229 cm³/mol. The molecule has 6 aliphatic rings. The van der Waals surface area contributed by atoms with Crippen molar-refractivity contribution in [2.24, 2.45) is 23.7 Å². The highest BCUT2D eigenvalue weighted by Gasteiger charge is 2.43. The van der Waals surface area contributed by atoms with Crippen LogP contribution in [-0.2, 0) is 23.8 Å². The first kappa shape index (κ1) is 49.3. The van der Waals surface area contributed by atoms with Crippen LogP contribution in [0.1, 0.15) is 49.0 Å². The molecule has 2 aromatic heterocycles. The summed E-state index contributed by atoms with van der Waals surface area (Å²) in [6.07, 6.45) is 11.2. The van der Waals surface area contributed by atoms with Gasteiger partial charge in [-0.15, -0.1) is 13.2 Å². The van der Waals surface area contributed by atoms with Crippen molar-refractivity contribution in [2.75, 3.05) is 40.4 Å². The first-order valence-corrected chi connectivity index (χ1v) is 24.1. The van der Waals surface area contributed by atoms with Crippen LogP contribution in [0.2, 0.25) is 0 Å². The Balaban J connectivity index is 0.000000181. The number of methoxy groups -OCH3 is 2. The fourth-order valence-electron chi connectivity index (χ4n) is 9.03. The molecule has 6 saturated heterocycles. The average molecular weight is 925 g/mol. The van der Waals surface area contributed by atoms with Gasteiger partial charge in [-0.2, -0.15) is 12.7 Å². The third-order valence-electron chi connectivity index (χ3n) is 11.9. The van der Waals surface area contributed by atoms with E-state index in [1.807, 2.05) is 48.5 Å². The normalized spacial score (nSPS) is 26.4. The van der Waals surface area contributed by atoms with Gasteiger partial charge in [-0.3, -0.25) is 28.9 Å². The van der Waals surface area contributed by atoms with E-state index in [0.29, 0.717) is 23.7 Å². The Morgan fingerprint density at radius 2 is 1.08 bits per heavy atom. The van der Waals surface area contributed by atoms with Gasteiger partial charge in [0.25, 0.3) is 0 Å². The number of aliphatic hydroxyl groups excluding tert-OH is 2. The number of ether oxygens (including phenoxy) is 2. The maximum absolute atomic E-state index is 11.2. The smallest absolute Gasteiger partial charge is 0.478 e. The molecule has 8 heterocycles. The van der Waals surface area contributed by atoms with E-state index in [2.05, 4.69) is 49.4 Å². The lowest BCUT2D eigenvalue weighted by atomic mass is 9.73. The zero-order valence-corrected chi connectivity index (χ0v) is 36.8. The largest absolute Gasteiger partial charge is 0.497 e. The third-order valence-corrected chi connectivity index (χ3v) is 13.6. The van der Waals surface area contributed by atoms with E-state index in [-0.39, 0.29) is 12.1 Å². The van der Waals surface area contributed by atoms with Crippen molar-refractivity contribution < 1.29 is 70.2 Å². The van der Waals surface area contributed by atoms with Crippen molar-refractivity contribution in [3.63, 3.8) is 0 Å². The summed E-state index contributed by atoms with van der Waals surface area (Å²) in [6.45, 7) is 12.1. The Hall–Kier alpha value is -3.69. The number of phosphoric acid groups is 2. The zero-order valence-electron chi connectivity index (χ0n) is 34.1. The number of piperidine rings is 6. The number of nitrogens with zero attached hydrogens (tertiary/aromatic N) is 4. The van der Waals surface area contributed by atoms with Gasteiger partial charge in [-0.05, 0) is 122 Å². The summed E-state index contributed by atoms with van der Waals surface area (Å²) in [5, 5.41) is 24.3. The van der Waals surface area contributed by atoms with Gasteiger partial charge in [0, 0.05) is 48.3 Å². The lowest BCUT2D eigenvalue weighted by Gasteiger charge is -2.50. The standard InChI is InChI=1S/2C20H24N2O2.H4O7P2.H2O4S/c2*1-3-13-12-22-9-7-14(13)10-19(22)20(23)16-6-8-21-18-5-4-15(24-2)11-17(16)18;1-8(2,3)7-9(4,5)6;1-5(2,3)4/h2*3-6,8,11,13-14,19-20,23H,1,7,9-10,12H2,2H3;(H2,1,2,3)(H2,4,5,6);(H2,1,2,3,4)/t2*13-,14-,19-,20+;;/m00../s1. The molecule has 62 heavy (non-hydrogen) atoms. The molecule has 2 aromatic carbocycles. The van der Waals surface area contributed by atoms with Crippen LogP contribution in [0.4, 0.5) is 0 Å². The molecular weight excluding hydrogens is 870 g/mol. The fourth-order valence-corrected chi connectivity index (χ4v) is 10.1. The molecule has 6 fully saturated rings. The molecule has 0 spiro atoms. The highest BCUT2D eigenvalue weighted by molar-refractivity contribution is 7.79. The molecule has 2 unspecified atom stereocenters. The summed E-state index contributed by atoms with van der Waals surface area (Å²) in [6, 6.07) is 15.9. The number of pyridine rings is 2. The Morgan fingerprint density at radius 1 is 0.710 bits per heavy atom.